The van der Waals surface area contributed by atoms with Gasteiger partial charge in [-0.15, -0.1) is 0 Å². The summed E-state index contributed by atoms with van der Waals surface area (Å²) < 4.78 is 23.9. The summed E-state index contributed by atoms with van der Waals surface area (Å²) in [5.41, 5.74) is 0. The number of hydrogen-bond acceptors (Lipinski definition) is 4. The van der Waals surface area contributed by atoms with E-state index in [1.807, 2.05) is 0 Å². The first-order valence-electron chi connectivity index (χ1n) is 8.20. The molecule has 2 rings (SSSR count). The molecule has 2 aromatic rings. The second-order valence-electron chi connectivity index (χ2n) is 5.41. The Morgan fingerprint density at radius 3 is 2.72 bits per heavy atom. The van der Waals surface area contributed by atoms with Gasteiger partial charge in [-0.1, -0.05) is 25.4 Å². The van der Waals surface area contributed by atoms with Gasteiger partial charge in [0, 0.05) is 13.1 Å². The van der Waals surface area contributed by atoms with Crippen LogP contribution < -0.4 is 10.1 Å². The SMILES string of the molecule is CCN(CC)CCNC(=O)c1ccc(COc2ccc(F)cc2Cl)o1. The van der Waals surface area contributed by atoms with Crippen LogP contribution in [-0.4, -0.2) is 37.0 Å². The van der Waals surface area contributed by atoms with Crippen LogP contribution in [0, 0.1) is 5.82 Å². The summed E-state index contributed by atoms with van der Waals surface area (Å²) in [6, 6.07) is 7.14. The maximum absolute atomic E-state index is 13.0. The van der Waals surface area contributed by atoms with Crippen LogP contribution in [-0.2, 0) is 6.61 Å². The van der Waals surface area contributed by atoms with E-state index in [1.165, 1.54) is 18.2 Å². The highest BCUT2D eigenvalue weighted by Crippen LogP contribution is 2.25. The van der Waals surface area contributed by atoms with Gasteiger partial charge in [-0.25, -0.2) is 4.39 Å². The first-order chi connectivity index (χ1) is 12.0. The van der Waals surface area contributed by atoms with Gasteiger partial charge in [-0.2, -0.15) is 0 Å². The third-order valence-electron chi connectivity index (χ3n) is 3.76. The Labute approximate surface area is 151 Å². The molecule has 0 saturated heterocycles. The van der Waals surface area contributed by atoms with Crippen molar-refractivity contribution in [3.8, 4) is 5.75 Å². The lowest BCUT2D eigenvalue weighted by Crippen LogP contribution is -2.34. The summed E-state index contributed by atoms with van der Waals surface area (Å²) in [7, 11) is 0. The third kappa shape index (κ3) is 5.76. The lowest BCUT2D eigenvalue weighted by Gasteiger charge is -2.17. The van der Waals surface area contributed by atoms with Crippen LogP contribution >= 0.6 is 11.6 Å². The Hall–Kier alpha value is -2.05. The highest BCUT2D eigenvalue weighted by atomic mass is 35.5. The molecule has 1 aromatic heterocycles. The van der Waals surface area contributed by atoms with Gasteiger partial charge in [0.15, 0.2) is 5.76 Å². The number of carbonyl (C=O) groups excluding carboxylic acids is 1. The van der Waals surface area contributed by atoms with Crippen molar-refractivity contribution in [3.05, 3.63) is 52.7 Å². The van der Waals surface area contributed by atoms with Gasteiger partial charge in [-0.05, 0) is 43.4 Å². The molecule has 0 radical (unpaired) electrons. The highest BCUT2D eigenvalue weighted by Gasteiger charge is 2.12. The fourth-order valence-electron chi connectivity index (χ4n) is 2.27. The number of halogens is 2. The molecule has 0 atom stereocenters. The van der Waals surface area contributed by atoms with Gasteiger partial charge < -0.3 is 19.4 Å². The molecule has 0 bridgehead atoms. The number of likely N-dealkylation sites (N-methyl/N-ethyl adjacent to an activating group) is 1. The summed E-state index contributed by atoms with van der Waals surface area (Å²) in [5, 5.41) is 3.00. The fourth-order valence-corrected chi connectivity index (χ4v) is 2.49. The Morgan fingerprint density at radius 2 is 2.04 bits per heavy atom. The topological polar surface area (TPSA) is 54.7 Å². The zero-order valence-electron chi connectivity index (χ0n) is 14.4. The van der Waals surface area contributed by atoms with E-state index in [0.29, 0.717) is 18.1 Å². The summed E-state index contributed by atoms with van der Waals surface area (Å²) >= 11 is 5.89. The molecule has 0 aliphatic heterocycles. The number of amides is 1. The number of rotatable bonds is 9. The average Bonchev–Trinajstić information content (AvgIpc) is 3.07. The van der Waals surface area contributed by atoms with Gasteiger partial charge in [0.2, 0.25) is 0 Å². The van der Waals surface area contributed by atoms with Crippen LogP contribution in [0.1, 0.15) is 30.2 Å². The lowest BCUT2D eigenvalue weighted by atomic mass is 10.3. The maximum Gasteiger partial charge on any atom is 0.287 e. The van der Waals surface area contributed by atoms with Crippen LogP contribution in [0.4, 0.5) is 4.39 Å². The first-order valence-corrected chi connectivity index (χ1v) is 8.58. The zero-order valence-corrected chi connectivity index (χ0v) is 15.1. The predicted octanol–water partition coefficient (Wildman–Crippen LogP) is 3.72. The van der Waals surface area contributed by atoms with E-state index in [2.05, 4.69) is 24.1 Å². The van der Waals surface area contributed by atoms with Crippen molar-refractivity contribution >= 4 is 17.5 Å². The van der Waals surface area contributed by atoms with Crippen molar-refractivity contribution < 1.29 is 18.3 Å². The van der Waals surface area contributed by atoms with Crippen LogP contribution in [0.5, 0.6) is 5.75 Å². The number of carbonyl (C=O) groups is 1. The standard InChI is InChI=1S/C18H22ClFN2O3/c1-3-22(4-2)10-9-21-18(23)17-8-6-14(25-17)12-24-16-7-5-13(20)11-15(16)19/h5-8,11H,3-4,9-10,12H2,1-2H3,(H,21,23). The Balaban J connectivity index is 1.83. The van der Waals surface area contributed by atoms with E-state index < -0.39 is 5.82 Å². The van der Waals surface area contributed by atoms with Gasteiger partial charge in [-0.3, -0.25) is 4.79 Å². The second-order valence-corrected chi connectivity index (χ2v) is 5.82. The largest absolute Gasteiger partial charge is 0.484 e. The minimum Gasteiger partial charge on any atom is -0.484 e. The fraction of sp³-hybridized carbons (Fsp3) is 0.389. The number of nitrogens with one attached hydrogen (secondary N) is 1. The van der Waals surface area contributed by atoms with Crippen LogP contribution in [0.15, 0.2) is 34.7 Å². The molecule has 0 aliphatic carbocycles. The molecule has 136 valence electrons. The molecule has 1 heterocycles. The van der Waals surface area contributed by atoms with Gasteiger partial charge >= 0.3 is 0 Å². The van der Waals surface area contributed by atoms with Crippen LogP contribution in [0.3, 0.4) is 0 Å². The molecule has 1 N–H and O–H groups in total. The van der Waals surface area contributed by atoms with Crippen molar-refractivity contribution in [3.63, 3.8) is 0 Å². The van der Waals surface area contributed by atoms with E-state index in [0.717, 1.165) is 19.6 Å². The Morgan fingerprint density at radius 1 is 1.28 bits per heavy atom. The van der Waals surface area contributed by atoms with Crippen molar-refractivity contribution in [1.82, 2.24) is 10.2 Å². The number of furan rings is 1. The number of ether oxygens (including phenoxy) is 1. The normalized spacial score (nSPS) is 10.9. The molecule has 0 unspecified atom stereocenters. The minimum atomic E-state index is -0.431. The first kappa shape index (κ1) is 19.3. The summed E-state index contributed by atoms with van der Waals surface area (Å²) in [5.74, 6) is 0.361. The monoisotopic (exact) mass is 368 g/mol. The number of benzene rings is 1. The van der Waals surface area contributed by atoms with Crippen molar-refractivity contribution in [1.29, 1.82) is 0 Å². The predicted molar refractivity (Wildman–Crippen MR) is 94.6 cm³/mol. The molecular weight excluding hydrogens is 347 g/mol. The van der Waals surface area contributed by atoms with E-state index in [1.54, 1.807) is 12.1 Å². The molecule has 1 aromatic carbocycles. The quantitative estimate of drug-likeness (QED) is 0.732. The molecule has 5 nitrogen and oxygen atoms in total. The Bertz CT molecular complexity index is 701. The summed E-state index contributed by atoms with van der Waals surface area (Å²) in [4.78, 5) is 14.3. The lowest BCUT2D eigenvalue weighted by molar-refractivity contribution is 0.0917. The highest BCUT2D eigenvalue weighted by molar-refractivity contribution is 6.32. The average molecular weight is 369 g/mol. The van der Waals surface area contributed by atoms with Crippen LogP contribution in [0.2, 0.25) is 5.02 Å². The third-order valence-corrected chi connectivity index (χ3v) is 4.05. The number of hydrogen-bond donors (Lipinski definition) is 1. The van der Waals surface area contributed by atoms with E-state index >= 15 is 0 Å². The molecule has 25 heavy (non-hydrogen) atoms. The van der Waals surface area contributed by atoms with Crippen LogP contribution in [0.25, 0.3) is 0 Å². The van der Waals surface area contributed by atoms with Gasteiger partial charge in [0.1, 0.15) is 23.9 Å². The second kappa shape index (κ2) is 9.44. The zero-order chi connectivity index (χ0) is 18.2. The van der Waals surface area contributed by atoms with Crippen molar-refractivity contribution in [2.45, 2.75) is 20.5 Å². The van der Waals surface area contributed by atoms with E-state index in [4.69, 9.17) is 20.8 Å². The molecular formula is C18H22ClFN2O3. The summed E-state index contributed by atoms with van der Waals surface area (Å²) in [6.07, 6.45) is 0. The molecule has 0 fully saturated rings. The molecule has 0 aliphatic rings. The van der Waals surface area contributed by atoms with Crippen molar-refractivity contribution in [2.75, 3.05) is 26.2 Å². The van der Waals surface area contributed by atoms with E-state index in [9.17, 15) is 9.18 Å². The van der Waals surface area contributed by atoms with Crippen molar-refractivity contribution in [2.24, 2.45) is 0 Å². The number of nitrogens with zero attached hydrogens (tertiary/aromatic N) is 1. The maximum atomic E-state index is 13.0. The molecule has 1 amide bonds. The molecule has 0 saturated carbocycles. The molecule has 7 heteroatoms. The Kier molecular flexibility index (Phi) is 7.28. The minimum absolute atomic E-state index is 0.0953. The smallest absolute Gasteiger partial charge is 0.287 e. The van der Waals surface area contributed by atoms with Gasteiger partial charge in [0.05, 0.1) is 5.02 Å². The van der Waals surface area contributed by atoms with E-state index in [-0.39, 0.29) is 23.3 Å². The van der Waals surface area contributed by atoms with Gasteiger partial charge in [0.25, 0.3) is 5.91 Å². The molecule has 0 spiro atoms. The summed E-state index contributed by atoms with van der Waals surface area (Å²) in [6.45, 7) is 7.49.